The van der Waals surface area contributed by atoms with Gasteiger partial charge in [0.2, 0.25) is 0 Å². The van der Waals surface area contributed by atoms with Crippen molar-refractivity contribution in [1.29, 1.82) is 0 Å². The molecule has 1 aliphatic heterocycles. The predicted molar refractivity (Wildman–Crippen MR) is 155 cm³/mol. The topological polar surface area (TPSA) is 143 Å². The molecule has 41 heavy (non-hydrogen) atoms. The fourth-order valence-corrected chi connectivity index (χ4v) is 5.38. The van der Waals surface area contributed by atoms with Gasteiger partial charge in [-0.05, 0) is 48.7 Å². The summed E-state index contributed by atoms with van der Waals surface area (Å²) in [5, 5.41) is 5.40. The molecule has 0 spiro atoms. The highest BCUT2D eigenvalue weighted by Crippen LogP contribution is 2.19. The van der Waals surface area contributed by atoms with Gasteiger partial charge >= 0.3 is 5.97 Å². The molecule has 0 aliphatic carbocycles. The Morgan fingerprint density at radius 2 is 1.61 bits per heavy atom. The molecule has 214 valence electrons. The Morgan fingerprint density at radius 1 is 0.878 bits per heavy atom. The van der Waals surface area contributed by atoms with Crippen LogP contribution in [0.5, 0.6) is 0 Å². The van der Waals surface area contributed by atoms with E-state index in [2.05, 4.69) is 20.3 Å². The standard InChI is InChI=1S/C30H32N4O6S/c35-28(32-24-15-10-16-25(19-24)41(38,39)34-27-17-8-3-9-18-31-27)21-40-29(36)20-26(22-11-4-1-5-12-22)33-30(37)23-13-6-2-7-14-23/h1-2,4-7,10-16,19,26H,3,8-9,17-18,20-21H2,(H,31,34)(H,32,35)(H,33,37). The first-order valence-electron chi connectivity index (χ1n) is 13.3. The molecule has 0 saturated heterocycles. The van der Waals surface area contributed by atoms with Crippen molar-refractivity contribution in [1.82, 2.24) is 10.0 Å². The van der Waals surface area contributed by atoms with Crippen molar-refractivity contribution in [2.24, 2.45) is 4.99 Å². The van der Waals surface area contributed by atoms with Crippen LogP contribution < -0.4 is 15.4 Å². The summed E-state index contributed by atoms with van der Waals surface area (Å²) < 4.78 is 33.4. The molecule has 1 atom stereocenters. The van der Waals surface area contributed by atoms with Crippen LogP contribution in [0.1, 0.15) is 54.1 Å². The van der Waals surface area contributed by atoms with Crippen molar-refractivity contribution in [2.75, 3.05) is 18.5 Å². The number of carbonyl (C=O) groups excluding carboxylic acids is 3. The average Bonchev–Trinajstić information content (AvgIpc) is 3.25. The first-order valence-corrected chi connectivity index (χ1v) is 14.8. The van der Waals surface area contributed by atoms with E-state index in [1.165, 1.54) is 24.3 Å². The number of nitrogens with one attached hydrogen (secondary N) is 3. The summed E-state index contributed by atoms with van der Waals surface area (Å²) in [5.74, 6) is -1.25. The summed E-state index contributed by atoms with van der Waals surface area (Å²) in [6, 6.07) is 22.7. The van der Waals surface area contributed by atoms with Crippen LogP contribution in [0.3, 0.4) is 0 Å². The predicted octanol–water partition coefficient (Wildman–Crippen LogP) is 3.98. The Kier molecular flexibility index (Phi) is 10.2. The molecule has 11 heteroatoms. The van der Waals surface area contributed by atoms with Gasteiger partial charge in [-0.3, -0.25) is 24.1 Å². The minimum atomic E-state index is -3.88. The second-order valence-corrected chi connectivity index (χ2v) is 11.2. The van der Waals surface area contributed by atoms with E-state index in [-0.39, 0.29) is 22.9 Å². The van der Waals surface area contributed by atoms with Crippen molar-refractivity contribution >= 4 is 39.3 Å². The Hall–Kier alpha value is -4.51. The second-order valence-electron chi connectivity index (χ2n) is 9.49. The number of hydrogen-bond acceptors (Lipinski definition) is 7. The third-order valence-electron chi connectivity index (χ3n) is 6.33. The summed E-state index contributed by atoms with van der Waals surface area (Å²) >= 11 is 0. The van der Waals surface area contributed by atoms with Crippen molar-refractivity contribution in [3.8, 4) is 0 Å². The summed E-state index contributed by atoms with van der Waals surface area (Å²) in [5.41, 5.74) is 1.39. The number of anilines is 1. The van der Waals surface area contributed by atoms with E-state index >= 15 is 0 Å². The number of esters is 1. The number of hydrogen-bond donors (Lipinski definition) is 3. The molecule has 0 bridgehead atoms. The van der Waals surface area contributed by atoms with E-state index in [0.29, 0.717) is 29.9 Å². The van der Waals surface area contributed by atoms with Gasteiger partial charge in [0.15, 0.2) is 6.61 Å². The lowest BCUT2D eigenvalue weighted by Crippen LogP contribution is -2.31. The number of benzene rings is 3. The molecular weight excluding hydrogens is 544 g/mol. The molecule has 1 aliphatic rings. The van der Waals surface area contributed by atoms with E-state index in [1.807, 2.05) is 6.07 Å². The maximum atomic E-state index is 12.8. The van der Waals surface area contributed by atoms with Crippen molar-refractivity contribution < 1.29 is 27.5 Å². The lowest BCUT2D eigenvalue weighted by atomic mass is 10.0. The molecule has 2 amide bonds. The molecular formula is C30H32N4O6S. The van der Waals surface area contributed by atoms with Crippen LogP contribution >= 0.6 is 0 Å². The Bertz CT molecular complexity index is 1490. The number of sulfonamides is 1. The molecule has 3 aromatic rings. The Morgan fingerprint density at radius 3 is 2.37 bits per heavy atom. The van der Waals surface area contributed by atoms with Crippen molar-refractivity contribution in [3.05, 3.63) is 96.1 Å². The van der Waals surface area contributed by atoms with Crippen LogP contribution in [0.25, 0.3) is 0 Å². The van der Waals surface area contributed by atoms with Gasteiger partial charge in [-0.25, -0.2) is 8.42 Å². The number of aliphatic imine (C=N–C) groups is 1. The fourth-order valence-electron chi connectivity index (χ4n) is 4.25. The van der Waals surface area contributed by atoms with Crippen LogP contribution in [-0.4, -0.2) is 45.2 Å². The van der Waals surface area contributed by atoms with Crippen LogP contribution in [0.15, 0.2) is 94.8 Å². The van der Waals surface area contributed by atoms with Crippen LogP contribution in [-0.2, 0) is 24.3 Å². The number of nitrogens with zero attached hydrogens (tertiary/aromatic N) is 1. The van der Waals surface area contributed by atoms with Gasteiger partial charge in [-0.2, -0.15) is 0 Å². The molecule has 0 fully saturated rings. The first-order chi connectivity index (χ1) is 19.8. The van der Waals surface area contributed by atoms with E-state index < -0.39 is 34.5 Å². The highest BCUT2D eigenvalue weighted by Gasteiger charge is 2.21. The maximum Gasteiger partial charge on any atom is 0.308 e. The molecule has 10 nitrogen and oxygen atoms in total. The van der Waals surface area contributed by atoms with E-state index in [1.54, 1.807) is 54.6 Å². The molecule has 0 aromatic heterocycles. The fraction of sp³-hybridized carbons (Fsp3) is 0.267. The normalized spacial score (nSPS) is 14.1. The van der Waals surface area contributed by atoms with Gasteiger partial charge in [0.05, 0.1) is 17.4 Å². The van der Waals surface area contributed by atoms with Gasteiger partial charge in [0.1, 0.15) is 5.84 Å². The monoisotopic (exact) mass is 576 g/mol. The zero-order valence-corrected chi connectivity index (χ0v) is 23.2. The Balaban J connectivity index is 1.33. The summed E-state index contributed by atoms with van der Waals surface area (Å²) in [6.07, 6.45) is 3.14. The summed E-state index contributed by atoms with van der Waals surface area (Å²) in [7, 11) is -3.88. The van der Waals surface area contributed by atoms with Gasteiger partial charge in [0.25, 0.3) is 21.8 Å². The highest BCUT2D eigenvalue weighted by molar-refractivity contribution is 7.90. The number of rotatable bonds is 10. The number of ether oxygens (including phenoxy) is 1. The minimum Gasteiger partial charge on any atom is -0.455 e. The zero-order valence-electron chi connectivity index (χ0n) is 22.4. The molecule has 3 N–H and O–H groups in total. The van der Waals surface area contributed by atoms with Crippen molar-refractivity contribution in [2.45, 2.75) is 43.0 Å². The average molecular weight is 577 g/mol. The van der Waals surface area contributed by atoms with Gasteiger partial charge in [0, 0.05) is 24.2 Å². The molecule has 1 heterocycles. The van der Waals surface area contributed by atoms with E-state index in [4.69, 9.17) is 4.74 Å². The van der Waals surface area contributed by atoms with Crippen LogP contribution in [0, 0.1) is 0 Å². The molecule has 0 saturated carbocycles. The molecule has 4 rings (SSSR count). The first kappa shape index (κ1) is 29.5. The van der Waals surface area contributed by atoms with Crippen LogP contribution in [0.4, 0.5) is 5.69 Å². The largest absolute Gasteiger partial charge is 0.455 e. The Labute approximate surface area is 239 Å². The SMILES string of the molecule is O=C(COC(=O)CC(NC(=O)c1ccccc1)c1ccccc1)Nc1cccc(S(=O)(=O)NC2=NCCCCC2)c1. The second kappa shape index (κ2) is 14.2. The van der Waals surface area contributed by atoms with E-state index in [9.17, 15) is 22.8 Å². The highest BCUT2D eigenvalue weighted by atomic mass is 32.2. The quantitative estimate of drug-likeness (QED) is 0.312. The number of amides is 2. The molecule has 1 unspecified atom stereocenters. The zero-order chi connectivity index (χ0) is 29.1. The van der Waals surface area contributed by atoms with Crippen molar-refractivity contribution in [3.63, 3.8) is 0 Å². The van der Waals surface area contributed by atoms with Gasteiger partial charge in [-0.15, -0.1) is 0 Å². The van der Waals surface area contributed by atoms with Gasteiger partial charge < -0.3 is 15.4 Å². The minimum absolute atomic E-state index is 0.0286. The maximum absolute atomic E-state index is 12.8. The third kappa shape index (κ3) is 9.00. The van der Waals surface area contributed by atoms with E-state index in [0.717, 1.165) is 19.3 Å². The van der Waals surface area contributed by atoms with Gasteiger partial charge in [-0.1, -0.05) is 61.0 Å². The molecule has 3 aromatic carbocycles. The summed E-state index contributed by atoms with van der Waals surface area (Å²) in [6.45, 7) is -0.00281. The molecule has 0 radical (unpaired) electrons. The summed E-state index contributed by atoms with van der Waals surface area (Å²) in [4.78, 5) is 42.2. The third-order valence-corrected chi connectivity index (χ3v) is 7.71. The lowest BCUT2D eigenvalue weighted by molar-refractivity contribution is -0.147. The van der Waals surface area contributed by atoms with Crippen LogP contribution in [0.2, 0.25) is 0 Å². The number of amidine groups is 1. The lowest BCUT2D eigenvalue weighted by Gasteiger charge is -2.19. The smallest absolute Gasteiger partial charge is 0.308 e. The number of carbonyl (C=O) groups is 3.